The zero-order valence-electron chi connectivity index (χ0n) is 18.0. The first-order valence-electron chi connectivity index (χ1n) is 10.2. The largest absolute Gasteiger partial charge is 1.00 e. The van der Waals surface area contributed by atoms with E-state index in [9.17, 15) is 9.90 Å². The Morgan fingerprint density at radius 2 is 2.00 bits per heavy atom. The van der Waals surface area contributed by atoms with Gasteiger partial charge in [-0.3, -0.25) is 4.90 Å². The Bertz CT molecular complexity index is 962. The van der Waals surface area contributed by atoms with Crippen molar-refractivity contribution in [1.29, 1.82) is 0 Å². The molecule has 0 radical (unpaired) electrons. The smallest absolute Gasteiger partial charge is 0.548 e. The number of carbonyl (C=O) groups is 1. The third-order valence-electron chi connectivity index (χ3n) is 6.47. The van der Waals surface area contributed by atoms with Crippen LogP contribution in [0.1, 0.15) is 36.1 Å². The normalized spacial score (nSPS) is 22.7. The Morgan fingerprint density at radius 3 is 2.63 bits per heavy atom. The van der Waals surface area contributed by atoms with Gasteiger partial charge in [-0.25, -0.2) is 0 Å². The molecule has 0 amide bonds. The summed E-state index contributed by atoms with van der Waals surface area (Å²) >= 11 is 1.81. The van der Waals surface area contributed by atoms with Gasteiger partial charge in [-0.05, 0) is 69.3 Å². The molecule has 0 unspecified atom stereocenters. The summed E-state index contributed by atoms with van der Waals surface area (Å²) in [6.07, 6.45) is 6.28. The molecule has 2 aromatic heterocycles. The number of hydrogen-bond donors (Lipinski definition) is 2. The van der Waals surface area contributed by atoms with E-state index in [1.54, 1.807) is 0 Å². The molecule has 1 atom stereocenters. The minimum absolute atomic E-state index is 0. The Hall–Kier alpha value is -0.514. The molecule has 1 aliphatic rings. The number of thiophene rings is 1. The van der Waals surface area contributed by atoms with E-state index in [0.29, 0.717) is 6.42 Å². The molecule has 4 rings (SSSR count). The van der Waals surface area contributed by atoms with Gasteiger partial charge in [0.15, 0.2) is 0 Å². The van der Waals surface area contributed by atoms with Crippen molar-refractivity contribution in [2.75, 3.05) is 14.1 Å². The second-order valence-electron chi connectivity index (χ2n) is 8.28. The predicted molar refractivity (Wildman–Crippen MR) is 116 cm³/mol. The average molecular weight is 450 g/mol. The number of para-hydroxylation sites is 1. The van der Waals surface area contributed by atoms with E-state index >= 15 is 0 Å². The summed E-state index contributed by atoms with van der Waals surface area (Å²) in [6.45, 7) is 0. The van der Waals surface area contributed by atoms with Crippen LogP contribution in [0.15, 0.2) is 48.0 Å². The van der Waals surface area contributed by atoms with Gasteiger partial charge >= 0.3 is 51.4 Å². The van der Waals surface area contributed by atoms with Crippen molar-refractivity contribution >= 4 is 28.2 Å². The molecule has 7 heteroatoms. The van der Waals surface area contributed by atoms with Crippen LogP contribution in [0.2, 0.25) is 0 Å². The molecule has 2 N–H and O–H groups in total. The summed E-state index contributed by atoms with van der Waals surface area (Å²) in [5.41, 5.74) is 2.10. The van der Waals surface area contributed by atoms with Crippen LogP contribution in [-0.4, -0.2) is 42.0 Å². The van der Waals surface area contributed by atoms with Crippen LogP contribution in [0.5, 0.6) is 0 Å². The van der Waals surface area contributed by atoms with E-state index < -0.39 is 12.0 Å². The van der Waals surface area contributed by atoms with Crippen molar-refractivity contribution in [3.63, 3.8) is 0 Å². The van der Waals surface area contributed by atoms with Crippen molar-refractivity contribution < 1.29 is 61.3 Å². The van der Waals surface area contributed by atoms with Gasteiger partial charge in [0, 0.05) is 28.0 Å². The number of fused-ring (bicyclic) bond motifs is 1. The van der Waals surface area contributed by atoms with Crippen molar-refractivity contribution in [3.8, 4) is 0 Å². The van der Waals surface area contributed by atoms with Gasteiger partial charge < -0.3 is 20.2 Å². The molecule has 3 aromatic rings. The molecular formula is C23H28KN3O2S. The van der Waals surface area contributed by atoms with Gasteiger partial charge in [0.2, 0.25) is 0 Å². The average Bonchev–Trinajstić information content (AvgIpc) is 3.39. The first kappa shape index (κ1) is 24.1. The van der Waals surface area contributed by atoms with Gasteiger partial charge in [0.1, 0.15) is 0 Å². The van der Waals surface area contributed by atoms with Crippen molar-refractivity contribution in [2.24, 2.45) is 0 Å². The molecular weight excluding hydrogens is 421 g/mol. The quantitative estimate of drug-likeness (QED) is 0.494. The van der Waals surface area contributed by atoms with Gasteiger partial charge in [-0.1, -0.05) is 24.3 Å². The number of aliphatic carboxylic acids is 1. The molecule has 0 bridgehead atoms. The number of nitrogens with zero attached hydrogens (tertiary/aromatic N) is 1. The summed E-state index contributed by atoms with van der Waals surface area (Å²) in [7, 11) is 4.29. The van der Waals surface area contributed by atoms with Crippen molar-refractivity contribution in [3.05, 3.63) is 58.4 Å². The summed E-state index contributed by atoms with van der Waals surface area (Å²) < 4.78 is 0. The van der Waals surface area contributed by atoms with Crippen molar-refractivity contribution in [2.45, 2.75) is 49.7 Å². The maximum atomic E-state index is 11.9. The van der Waals surface area contributed by atoms with E-state index in [1.807, 2.05) is 41.8 Å². The molecule has 2 heterocycles. The molecule has 30 heavy (non-hydrogen) atoms. The fourth-order valence-electron chi connectivity index (χ4n) is 4.73. The zero-order valence-corrected chi connectivity index (χ0v) is 21.9. The van der Waals surface area contributed by atoms with Gasteiger partial charge in [0.25, 0.3) is 0 Å². The van der Waals surface area contributed by atoms with Gasteiger partial charge in [0.05, 0.1) is 17.6 Å². The number of hydrogen-bond acceptors (Lipinski definition) is 5. The molecule has 1 fully saturated rings. The third-order valence-corrected chi connectivity index (χ3v) is 7.53. The van der Waals surface area contributed by atoms with Crippen molar-refractivity contribution in [1.82, 2.24) is 15.2 Å². The molecule has 1 saturated carbocycles. The number of rotatable bonds is 7. The number of benzene rings is 1. The van der Waals surface area contributed by atoms with Crippen LogP contribution in [0.25, 0.3) is 10.9 Å². The number of aromatic nitrogens is 1. The summed E-state index contributed by atoms with van der Waals surface area (Å²) in [5, 5.41) is 18.5. The monoisotopic (exact) mass is 449 g/mol. The molecule has 1 aromatic carbocycles. The maximum absolute atomic E-state index is 11.9. The van der Waals surface area contributed by atoms with E-state index in [1.165, 1.54) is 4.88 Å². The minimum atomic E-state index is -1.03. The number of carbonyl (C=O) groups excluding carboxylic acids is 1. The number of carboxylic acids is 1. The minimum Gasteiger partial charge on any atom is -0.548 e. The first-order chi connectivity index (χ1) is 14.0. The zero-order chi connectivity index (χ0) is 20.4. The topological polar surface area (TPSA) is 71.2 Å². The standard InChI is InChI=1S/C23H29N3O2S.K/c1-26(2)23(21-8-5-13-29-21)11-9-17(10-12-23)25-20(22(27)28)14-16-15-24-19-7-4-3-6-18(16)19;/h3-8,13,15,17,20,24-25H,9-12,14H2,1-2H3,(H,27,28);/q;+1/p-1/t17?,20-,23?;/m0./s1. The number of aromatic amines is 1. The molecule has 0 spiro atoms. The second kappa shape index (κ2) is 10.4. The summed E-state index contributed by atoms with van der Waals surface area (Å²) in [6, 6.07) is 11.8. The Morgan fingerprint density at radius 1 is 1.27 bits per heavy atom. The maximum Gasteiger partial charge on any atom is 1.00 e. The first-order valence-corrected chi connectivity index (χ1v) is 11.1. The Kier molecular flexibility index (Phi) is 8.37. The molecule has 5 nitrogen and oxygen atoms in total. The molecule has 1 aliphatic carbocycles. The van der Waals surface area contributed by atoms with E-state index in [2.05, 4.69) is 46.8 Å². The fourth-order valence-corrected chi connectivity index (χ4v) is 5.80. The van der Waals surface area contributed by atoms with E-state index in [0.717, 1.165) is 42.1 Å². The summed E-state index contributed by atoms with van der Waals surface area (Å²) in [4.78, 5) is 18.8. The van der Waals surface area contributed by atoms with Crippen LogP contribution >= 0.6 is 11.3 Å². The van der Waals surface area contributed by atoms with Gasteiger partial charge in [-0.15, -0.1) is 11.3 Å². The van der Waals surface area contributed by atoms with E-state index in [4.69, 9.17) is 0 Å². The predicted octanol–water partition coefficient (Wildman–Crippen LogP) is -0.116. The SMILES string of the molecule is CN(C)C1(c2cccs2)CCC(N[C@@H](Cc2c[nH]c3ccccc23)C(=O)[O-])CC1.[K+]. The second-order valence-corrected chi connectivity index (χ2v) is 9.23. The summed E-state index contributed by atoms with van der Waals surface area (Å²) in [5.74, 6) is -1.03. The van der Waals surface area contributed by atoms with Crippen LogP contribution < -0.4 is 61.8 Å². The number of carboxylic acid groups (broad SMARTS) is 1. The Labute approximate surface area is 224 Å². The number of nitrogens with one attached hydrogen (secondary N) is 2. The van der Waals surface area contributed by atoms with Gasteiger partial charge in [-0.2, -0.15) is 0 Å². The van der Waals surface area contributed by atoms with Crippen LogP contribution in [0, 0.1) is 0 Å². The fraction of sp³-hybridized carbons (Fsp3) is 0.435. The third kappa shape index (κ3) is 4.94. The molecule has 0 aliphatic heterocycles. The van der Waals surface area contributed by atoms with Crippen LogP contribution in [0.3, 0.4) is 0 Å². The Balaban J connectivity index is 0.00000256. The van der Waals surface area contributed by atoms with E-state index in [-0.39, 0.29) is 63.0 Å². The molecule has 0 saturated heterocycles. The number of H-pyrrole nitrogens is 1. The van der Waals surface area contributed by atoms with Crippen LogP contribution in [-0.2, 0) is 16.8 Å². The molecule has 154 valence electrons. The van der Waals surface area contributed by atoms with Crippen LogP contribution in [0.4, 0.5) is 0 Å².